The zero-order chi connectivity index (χ0) is 22.8. The average molecular weight is 435 g/mol. The smallest absolute Gasteiger partial charge is 0.315 e. The number of aliphatic carboxylic acids is 1. The van der Waals surface area contributed by atoms with Crippen molar-refractivity contribution in [1.29, 1.82) is 0 Å². The molecule has 0 bridgehead atoms. The lowest BCUT2D eigenvalue weighted by atomic mass is 9.95. The first-order chi connectivity index (χ1) is 15.7. The molecule has 174 valence electrons. The van der Waals surface area contributed by atoms with Gasteiger partial charge in [0.1, 0.15) is 5.92 Å². The zero-order valence-corrected chi connectivity index (χ0v) is 20.3. The van der Waals surface area contributed by atoms with Gasteiger partial charge in [-0.25, -0.2) is 0 Å². The van der Waals surface area contributed by atoms with E-state index in [0.29, 0.717) is 0 Å². The van der Waals surface area contributed by atoms with Gasteiger partial charge in [-0.1, -0.05) is 114 Å². The Morgan fingerprint density at radius 3 is 1.47 bits per heavy atom. The number of aryl methyl sites for hydroxylation is 2. The van der Waals surface area contributed by atoms with Crippen molar-refractivity contribution in [3.05, 3.63) is 58.7 Å². The van der Waals surface area contributed by atoms with Crippen LogP contribution in [0.3, 0.4) is 0 Å². The first-order valence-electron chi connectivity index (χ1n) is 13.1. The van der Waals surface area contributed by atoms with E-state index in [4.69, 9.17) is 0 Å². The van der Waals surface area contributed by atoms with Gasteiger partial charge in [-0.3, -0.25) is 4.79 Å². The van der Waals surface area contributed by atoms with E-state index < -0.39 is 11.9 Å². The molecule has 0 aliphatic heterocycles. The number of unbranched alkanes of at least 4 members (excludes halogenated alkanes) is 10. The monoisotopic (exact) mass is 434 g/mol. The van der Waals surface area contributed by atoms with Crippen LogP contribution in [0.2, 0.25) is 0 Å². The van der Waals surface area contributed by atoms with Crippen LogP contribution in [0.5, 0.6) is 0 Å². The summed E-state index contributed by atoms with van der Waals surface area (Å²) < 4.78 is 0. The summed E-state index contributed by atoms with van der Waals surface area (Å²) in [4.78, 5) is 12.1. The Kier molecular flexibility index (Phi) is 9.84. The summed E-state index contributed by atoms with van der Waals surface area (Å²) >= 11 is 0. The third kappa shape index (κ3) is 6.47. The van der Waals surface area contributed by atoms with Gasteiger partial charge in [-0.2, -0.15) is 0 Å². The second-order valence-electron chi connectivity index (χ2n) is 9.65. The number of benzene rings is 2. The molecule has 1 N–H and O–H groups in total. The number of hydrogen-bond donors (Lipinski definition) is 1. The zero-order valence-electron chi connectivity index (χ0n) is 20.3. The van der Waals surface area contributed by atoms with Crippen LogP contribution in [0.25, 0.3) is 11.1 Å². The fraction of sp³-hybridized carbons (Fsp3) is 0.567. The molecule has 2 nitrogen and oxygen atoms in total. The third-order valence-electron chi connectivity index (χ3n) is 7.03. The van der Waals surface area contributed by atoms with Gasteiger partial charge in [0.2, 0.25) is 0 Å². The quantitative estimate of drug-likeness (QED) is 0.285. The molecule has 0 fully saturated rings. The molecule has 2 heteroatoms. The Bertz CT molecular complexity index is 802. The van der Waals surface area contributed by atoms with Crippen molar-refractivity contribution in [2.24, 2.45) is 0 Å². The molecule has 1 aliphatic carbocycles. The lowest BCUT2D eigenvalue weighted by Crippen LogP contribution is -2.10. The van der Waals surface area contributed by atoms with Gasteiger partial charge in [0.15, 0.2) is 0 Å². The summed E-state index contributed by atoms with van der Waals surface area (Å²) in [5.41, 5.74) is 6.93. The highest BCUT2D eigenvalue weighted by atomic mass is 16.4. The van der Waals surface area contributed by atoms with Crippen LogP contribution >= 0.6 is 0 Å². The van der Waals surface area contributed by atoms with Crippen molar-refractivity contribution in [2.45, 2.75) is 110 Å². The first-order valence-corrected chi connectivity index (χ1v) is 13.1. The van der Waals surface area contributed by atoms with Crippen molar-refractivity contribution >= 4 is 5.97 Å². The van der Waals surface area contributed by atoms with Crippen molar-refractivity contribution in [1.82, 2.24) is 0 Å². The van der Waals surface area contributed by atoms with E-state index in [1.807, 2.05) is 0 Å². The highest BCUT2D eigenvalue weighted by molar-refractivity contribution is 5.93. The van der Waals surface area contributed by atoms with Crippen LogP contribution in [0.4, 0.5) is 0 Å². The van der Waals surface area contributed by atoms with E-state index in [2.05, 4.69) is 50.2 Å². The summed E-state index contributed by atoms with van der Waals surface area (Å²) in [5, 5.41) is 9.93. The largest absolute Gasteiger partial charge is 0.481 e. The molecule has 1 aliphatic rings. The molecule has 0 saturated heterocycles. The summed E-state index contributed by atoms with van der Waals surface area (Å²) in [7, 11) is 0. The molecule has 0 atom stereocenters. The Hall–Kier alpha value is -2.09. The molecule has 0 saturated carbocycles. The molecule has 0 radical (unpaired) electrons. The van der Waals surface area contributed by atoms with Crippen LogP contribution in [-0.2, 0) is 17.6 Å². The predicted molar refractivity (Wildman–Crippen MR) is 136 cm³/mol. The van der Waals surface area contributed by atoms with Crippen LogP contribution in [-0.4, -0.2) is 11.1 Å². The van der Waals surface area contributed by atoms with E-state index in [0.717, 1.165) is 35.1 Å². The van der Waals surface area contributed by atoms with E-state index in [-0.39, 0.29) is 0 Å². The van der Waals surface area contributed by atoms with Crippen molar-refractivity contribution in [3.63, 3.8) is 0 Å². The van der Waals surface area contributed by atoms with Crippen molar-refractivity contribution in [3.8, 4) is 11.1 Å². The second-order valence-corrected chi connectivity index (χ2v) is 9.65. The van der Waals surface area contributed by atoms with E-state index in [1.54, 1.807) is 0 Å². The maximum Gasteiger partial charge on any atom is 0.315 e. The van der Waals surface area contributed by atoms with Gasteiger partial charge in [0.05, 0.1) is 0 Å². The molecule has 0 spiro atoms. The van der Waals surface area contributed by atoms with Crippen molar-refractivity contribution in [2.75, 3.05) is 0 Å². The van der Waals surface area contributed by atoms with E-state index in [1.165, 1.54) is 88.2 Å². The molecule has 3 rings (SSSR count). The first kappa shape index (κ1) is 24.6. The standard InChI is InChI=1S/C30H42O2/c1-3-5-7-9-11-13-15-23-17-19-25-27(21-23)28-22-24(16-14-12-10-8-6-4-2)18-20-26(28)29(25)30(31)32/h17-22,29H,3-16H2,1-2H3,(H,31,32). The minimum absolute atomic E-state index is 0.522. The predicted octanol–water partition coefficient (Wildman–Crippen LogP) is 8.69. The van der Waals surface area contributed by atoms with Crippen LogP contribution in [0.1, 0.15) is 119 Å². The number of hydrogen-bond acceptors (Lipinski definition) is 1. The molecule has 0 amide bonds. The maximum absolute atomic E-state index is 12.1. The fourth-order valence-electron chi connectivity index (χ4n) is 5.14. The third-order valence-corrected chi connectivity index (χ3v) is 7.03. The lowest BCUT2D eigenvalue weighted by molar-refractivity contribution is -0.137. The topological polar surface area (TPSA) is 37.3 Å². The fourth-order valence-corrected chi connectivity index (χ4v) is 5.14. The summed E-state index contributed by atoms with van der Waals surface area (Å²) in [6.45, 7) is 4.51. The number of rotatable bonds is 15. The maximum atomic E-state index is 12.1. The average Bonchev–Trinajstić information content (AvgIpc) is 3.12. The van der Waals surface area contributed by atoms with Gasteiger partial charge in [-0.05, 0) is 59.1 Å². The molecular formula is C30H42O2. The molecular weight excluding hydrogens is 392 g/mol. The molecule has 2 aromatic rings. The Morgan fingerprint density at radius 2 is 1.06 bits per heavy atom. The van der Waals surface area contributed by atoms with Crippen LogP contribution in [0, 0.1) is 0 Å². The van der Waals surface area contributed by atoms with Gasteiger partial charge in [0.25, 0.3) is 0 Å². The van der Waals surface area contributed by atoms with Gasteiger partial charge < -0.3 is 5.11 Å². The van der Waals surface area contributed by atoms with E-state index in [9.17, 15) is 9.90 Å². The van der Waals surface area contributed by atoms with Gasteiger partial charge >= 0.3 is 5.97 Å². The number of carbonyl (C=O) groups is 1. The molecule has 0 heterocycles. The SMILES string of the molecule is CCCCCCCCc1ccc2c(c1)-c1cc(CCCCCCCC)ccc1C2C(=O)O. The second kappa shape index (κ2) is 12.8. The number of carboxylic acids is 1. The summed E-state index contributed by atoms with van der Waals surface area (Å²) in [5.74, 6) is -1.26. The molecule has 0 aromatic heterocycles. The van der Waals surface area contributed by atoms with Gasteiger partial charge in [-0.15, -0.1) is 0 Å². The lowest BCUT2D eigenvalue weighted by Gasteiger charge is -2.09. The van der Waals surface area contributed by atoms with Crippen molar-refractivity contribution < 1.29 is 9.90 Å². The minimum Gasteiger partial charge on any atom is -0.481 e. The number of carboxylic acid groups (broad SMARTS) is 1. The van der Waals surface area contributed by atoms with Crippen LogP contribution < -0.4 is 0 Å². The van der Waals surface area contributed by atoms with Crippen LogP contribution in [0.15, 0.2) is 36.4 Å². The Balaban J connectivity index is 1.68. The molecule has 0 unspecified atom stereocenters. The summed E-state index contributed by atoms with van der Waals surface area (Å²) in [6.07, 6.45) is 17.8. The Morgan fingerprint density at radius 1 is 0.656 bits per heavy atom. The highest BCUT2D eigenvalue weighted by Gasteiger charge is 2.34. The minimum atomic E-state index is -0.739. The summed E-state index contributed by atoms with van der Waals surface area (Å²) in [6, 6.07) is 13.0. The Labute approximate surface area is 195 Å². The molecule has 2 aromatic carbocycles. The van der Waals surface area contributed by atoms with Gasteiger partial charge in [0, 0.05) is 0 Å². The number of fused-ring (bicyclic) bond motifs is 3. The van der Waals surface area contributed by atoms with E-state index >= 15 is 0 Å². The normalized spacial score (nSPS) is 12.7. The molecule has 32 heavy (non-hydrogen) atoms. The highest BCUT2D eigenvalue weighted by Crippen LogP contribution is 2.46.